The lowest BCUT2D eigenvalue weighted by molar-refractivity contribution is -0.151. The molecule has 1 amide bonds. The van der Waals surface area contributed by atoms with Crippen molar-refractivity contribution in [2.24, 2.45) is 0 Å². The summed E-state index contributed by atoms with van der Waals surface area (Å²) in [4.78, 5) is 26.1. The molecule has 0 bridgehead atoms. The van der Waals surface area contributed by atoms with E-state index in [-0.39, 0.29) is 24.9 Å². The summed E-state index contributed by atoms with van der Waals surface area (Å²) in [6, 6.07) is -0.716. The summed E-state index contributed by atoms with van der Waals surface area (Å²) in [6.45, 7) is 6.36. The number of carbonyl (C=O) groups is 2. The molecule has 0 spiro atoms. The average molecular weight is 842 g/mol. The van der Waals surface area contributed by atoms with Crippen LogP contribution >= 0.6 is 0 Å². The molecule has 0 saturated carbocycles. The van der Waals surface area contributed by atoms with Crippen molar-refractivity contribution in [1.29, 1.82) is 0 Å². The second-order valence-corrected chi connectivity index (χ2v) is 17.6. The molecule has 3 atom stereocenters. The number of aliphatic hydroxyl groups excluding tert-OH is 2. The van der Waals surface area contributed by atoms with Crippen LogP contribution < -0.4 is 5.32 Å². The monoisotopic (exact) mass is 842 g/mol. The molecular formula is C54H99NO5. The molecule has 0 aliphatic heterocycles. The Bertz CT molecular complexity index is 1040. The van der Waals surface area contributed by atoms with Gasteiger partial charge in [0.1, 0.15) is 6.10 Å². The second kappa shape index (κ2) is 47.9. The lowest BCUT2D eigenvalue weighted by Crippen LogP contribution is -2.46. The number of rotatable bonds is 46. The van der Waals surface area contributed by atoms with Gasteiger partial charge >= 0.3 is 5.97 Å². The highest BCUT2D eigenvalue weighted by molar-refractivity contribution is 5.77. The van der Waals surface area contributed by atoms with E-state index < -0.39 is 18.2 Å². The minimum absolute atomic E-state index is 0.0421. The Kier molecular flexibility index (Phi) is 46.1. The summed E-state index contributed by atoms with van der Waals surface area (Å²) in [6.07, 6.45) is 57.5. The van der Waals surface area contributed by atoms with Crippen LogP contribution in [-0.4, -0.2) is 46.9 Å². The molecule has 350 valence electrons. The third kappa shape index (κ3) is 42.5. The molecule has 0 radical (unpaired) electrons. The molecule has 0 aliphatic rings. The molecule has 0 saturated heterocycles. The Balaban J connectivity index is 4.64. The highest BCUT2D eigenvalue weighted by atomic mass is 16.5. The molecule has 0 aromatic carbocycles. The number of hydrogen-bond donors (Lipinski definition) is 3. The van der Waals surface area contributed by atoms with Crippen molar-refractivity contribution in [3.63, 3.8) is 0 Å². The molecule has 0 aliphatic carbocycles. The number of nitrogens with one attached hydrogen (secondary N) is 1. The van der Waals surface area contributed by atoms with Gasteiger partial charge < -0.3 is 20.3 Å². The molecule has 0 fully saturated rings. The van der Waals surface area contributed by atoms with E-state index in [1.165, 1.54) is 135 Å². The number of aliphatic hydroxyl groups is 2. The number of carbonyl (C=O) groups excluding carboxylic acids is 2. The fourth-order valence-corrected chi connectivity index (χ4v) is 7.76. The van der Waals surface area contributed by atoms with Crippen LogP contribution in [-0.2, 0) is 14.3 Å². The lowest BCUT2D eigenvalue weighted by Gasteiger charge is -2.24. The summed E-state index contributed by atoms with van der Waals surface area (Å²) in [5.41, 5.74) is 0. The van der Waals surface area contributed by atoms with Gasteiger partial charge in [0, 0.05) is 6.42 Å². The summed E-state index contributed by atoms with van der Waals surface area (Å²) >= 11 is 0. The van der Waals surface area contributed by atoms with Crippen molar-refractivity contribution in [2.75, 3.05) is 6.61 Å². The second-order valence-electron chi connectivity index (χ2n) is 17.6. The molecule has 0 aromatic heterocycles. The van der Waals surface area contributed by atoms with Gasteiger partial charge in [-0.15, -0.1) is 0 Å². The van der Waals surface area contributed by atoms with Crippen LogP contribution in [0.3, 0.4) is 0 Å². The molecule has 0 heterocycles. The van der Waals surface area contributed by atoms with Gasteiger partial charge in [0.05, 0.1) is 25.2 Å². The van der Waals surface area contributed by atoms with Crippen LogP contribution in [0.2, 0.25) is 0 Å². The zero-order chi connectivity index (χ0) is 43.8. The maximum atomic E-state index is 13.2. The van der Waals surface area contributed by atoms with Crippen LogP contribution in [0, 0.1) is 0 Å². The van der Waals surface area contributed by atoms with Crippen molar-refractivity contribution >= 4 is 11.9 Å². The first kappa shape index (κ1) is 57.8. The topological polar surface area (TPSA) is 95.9 Å². The van der Waals surface area contributed by atoms with E-state index >= 15 is 0 Å². The molecule has 3 N–H and O–H groups in total. The Morgan fingerprint density at radius 2 is 0.967 bits per heavy atom. The summed E-state index contributed by atoms with van der Waals surface area (Å²) in [7, 11) is 0. The minimum Gasteiger partial charge on any atom is -0.462 e. The van der Waals surface area contributed by atoms with Gasteiger partial charge in [0.25, 0.3) is 0 Å². The SMILES string of the molecule is CC/C=C/C/C=C/CCCCCCCCCC(=O)OC(CCC/C=C/C=C/CCCCCCCCC)CC(=O)NC(CO)C(O)CCCCCCCCCCCCCCC. The summed E-state index contributed by atoms with van der Waals surface area (Å²) < 4.78 is 5.90. The van der Waals surface area contributed by atoms with Crippen molar-refractivity contribution in [1.82, 2.24) is 5.32 Å². The third-order valence-corrected chi connectivity index (χ3v) is 11.7. The van der Waals surface area contributed by atoms with Gasteiger partial charge in [-0.1, -0.05) is 223 Å². The van der Waals surface area contributed by atoms with Crippen LogP contribution in [0.4, 0.5) is 0 Å². The van der Waals surface area contributed by atoms with Crippen LogP contribution in [0.25, 0.3) is 0 Å². The predicted molar refractivity (Wildman–Crippen MR) is 259 cm³/mol. The van der Waals surface area contributed by atoms with E-state index in [9.17, 15) is 19.8 Å². The lowest BCUT2D eigenvalue weighted by atomic mass is 10.0. The van der Waals surface area contributed by atoms with Crippen LogP contribution in [0.5, 0.6) is 0 Å². The summed E-state index contributed by atoms with van der Waals surface area (Å²) in [5, 5.41) is 23.7. The Hall–Kier alpha value is -2.18. The standard InChI is InChI=1S/C54H99NO5/c1-4-7-10-13-16-19-22-25-28-30-33-36-39-42-45-50(60-54(59)47-44-41-38-35-32-29-26-23-20-17-14-11-8-5-2)48-53(58)55-51(49-56)52(57)46-43-40-37-34-31-27-24-21-18-15-12-9-6-3/h8,11,17,20,28,30,33,36,50-52,56-57H,4-7,9-10,12-16,18-19,21-27,29,31-32,34-35,37-49H2,1-3H3,(H,55,58)/b11-8+,20-17+,30-28+,36-33+. The average Bonchev–Trinajstić information content (AvgIpc) is 3.24. The van der Waals surface area contributed by atoms with Gasteiger partial charge in [0.15, 0.2) is 0 Å². The van der Waals surface area contributed by atoms with Gasteiger partial charge in [-0.25, -0.2) is 0 Å². The first-order chi connectivity index (χ1) is 29.5. The first-order valence-corrected chi connectivity index (χ1v) is 25.9. The van der Waals surface area contributed by atoms with Gasteiger partial charge in [-0.05, 0) is 70.6 Å². The van der Waals surface area contributed by atoms with Crippen molar-refractivity contribution in [3.8, 4) is 0 Å². The molecular weight excluding hydrogens is 743 g/mol. The van der Waals surface area contributed by atoms with Crippen molar-refractivity contribution in [2.45, 2.75) is 277 Å². The molecule has 0 aromatic rings. The summed E-state index contributed by atoms with van der Waals surface area (Å²) in [5.74, 6) is -0.526. The fourth-order valence-electron chi connectivity index (χ4n) is 7.76. The number of allylic oxidation sites excluding steroid dienone is 8. The van der Waals surface area contributed by atoms with Gasteiger partial charge in [-0.3, -0.25) is 9.59 Å². The van der Waals surface area contributed by atoms with Crippen LogP contribution in [0.15, 0.2) is 48.6 Å². The zero-order valence-electron chi connectivity index (χ0n) is 39.8. The molecule has 6 heteroatoms. The largest absolute Gasteiger partial charge is 0.462 e. The minimum atomic E-state index is -0.800. The predicted octanol–water partition coefficient (Wildman–Crippen LogP) is 15.5. The Morgan fingerprint density at radius 3 is 1.48 bits per heavy atom. The smallest absolute Gasteiger partial charge is 0.306 e. The third-order valence-electron chi connectivity index (χ3n) is 11.7. The Labute approximate surface area is 372 Å². The van der Waals surface area contributed by atoms with E-state index in [0.717, 1.165) is 77.0 Å². The number of amides is 1. The van der Waals surface area contributed by atoms with E-state index in [2.05, 4.69) is 74.7 Å². The van der Waals surface area contributed by atoms with E-state index in [1.54, 1.807) is 0 Å². The molecule has 3 unspecified atom stereocenters. The number of ether oxygens (including phenoxy) is 1. The molecule has 6 nitrogen and oxygen atoms in total. The maximum Gasteiger partial charge on any atom is 0.306 e. The van der Waals surface area contributed by atoms with Crippen molar-refractivity contribution in [3.05, 3.63) is 48.6 Å². The highest BCUT2D eigenvalue weighted by Crippen LogP contribution is 2.17. The number of esters is 1. The van der Waals surface area contributed by atoms with Crippen molar-refractivity contribution < 1.29 is 24.5 Å². The van der Waals surface area contributed by atoms with E-state index in [4.69, 9.17) is 4.74 Å². The van der Waals surface area contributed by atoms with E-state index in [1.807, 2.05) is 0 Å². The Morgan fingerprint density at radius 1 is 0.517 bits per heavy atom. The first-order valence-electron chi connectivity index (χ1n) is 25.9. The maximum absolute atomic E-state index is 13.2. The normalized spacial score (nSPS) is 13.6. The van der Waals surface area contributed by atoms with Crippen LogP contribution in [0.1, 0.15) is 258 Å². The number of hydrogen-bond acceptors (Lipinski definition) is 5. The number of unbranched alkanes of at least 4 members (excludes halogenated alkanes) is 27. The van der Waals surface area contributed by atoms with Gasteiger partial charge in [-0.2, -0.15) is 0 Å². The zero-order valence-corrected chi connectivity index (χ0v) is 39.8. The van der Waals surface area contributed by atoms with E-state index in [0.29, 0.717) is 19.3 Å². The van der Waals surface area contributed by atoms with Gasteiger partial charge in [0.2, 0.25) is 5.91 Å². The fraction of sp³-hybridized carbons (Fsp3) is 0.815. The molecule has 60 heavy (non-hydrogen) atoms. The molecule has 0 rings (SSSR count). The quantitative estimate of drug-likeness (QED) is 0.0246. The highest BCUT2D eigenvalue weighted by Gasteiger charge is 2.24.